The van der Waals surface area contributed by atoms with E-state index in [0.717, 1.165) is 0 Å². The first-order chi connectivity index (χ1) is 8.29. The number of pyridine rings is 1. The highest BCUT2D eigenvalue weighted by atomic mass is 19.4. The minimum atomic E-state index is -4.21. The average molecular weight is 262 g/mol. The Hall–Kier alpha value is -1.63. The van der Waals surface area contributed by atoms with Gasteiger partial charge in [0.1, 0.15) is 0 Å². The van der Waals surface area contributed by atoms with Crippen molar-refractivity contribution in [2.24, 2.45) is 0 Å². The second-order valence-corrected chi connectivity index (χ2v) is 3.92. The summed E-state index contributed by atoms with van der Waals surface area (Å²) >= 11 is 0. The maximum atomic E-state index is 12.0. The molecule has 0 aliphatic heterocycles. The molecular weight excluding hydrogens is 249 g/mol. The van der Waals surface area contributed by atoms with Gasteiger partial charge in [0.05, 0.1) is 6.42 Å². The number of nitrogens with zero attached hydrogens (tertiary/aromatic N) is 2. The largest absolute Gasteiger partial charge is 0.477 e. The molecule has 0 saturated carbocycles. The van der Waals surface area contributed by atoms with Crippen LogP contribution in [0.2, 0.25) is 0 Å². The molecule has 100 valence electrons. The fourth-order valence-electron chi connectivity index (χ4n) is 1.45. The fraction of sp³-hybridized carbons (Fsp3) is 0.455. The molecule has 4 nitrogen and oxygen atoms in total. The summed E-state index contributed by atoms with van der Waals surface area (Å²) in [6, 6.07) is 3.10. The monoisotopic (exact) mass is 262 g/mol. The molecule has 0 radical (unpaired) electrons. The van der Waals surface area contributed by atoms with Crippen molar-refractivity contribution in [1.29, 1.82) is 0 Å². The predicted molar refractivity (Wildman–Crippen MR) is 58.2 cm³/mol. The molecule has 0 aliphatic rings. The second kappa shape index (κ2) is 5.81. The third-order valence-electron chi connectivity index (χ3n) is 2.31. The van der Waals surface area contributed by atoms with E-state index in [1.54, 1.807) is 12.1 Å². The number of aromatic carboxylic acids is 1. The molecule has 1 heterocycles. The number of alkyl halides is 3. The summed E-state index contributed by atoms with van der Waals surface area (Å²) in [5, 5.41) is 8.88. The minimum Gasteiger partial charge on any atom is -0.477 e. The summed E-state index contributed by atoms with van der Waals surface area (Å²) in [6.45, 7) is -0.0665. The predicted octanol–water partition coefficient (Wildman–Crippen LogP) is 2.16. The van der Waals surface area contributed by atoms with E-state index in [1.807, 2.05) is 0 Å². The lowest BCUT2D eigenvalue weighted by molar-refractivity contribution is -0.137. The van der Waals surface area contributed by atoms with Crippen LogP contribution in [0.5, 0.6) is 0 Å². The maximum absolute atomic E-state index is 12.0. The van der Waals surface area contributed by atoms with Crippen molar-refractivity contribution >= 4 is 5.97 Å². The Morgan fingerprint density at radius 1 is 1.50 bits per heavy atom. The van der Waals surface area contributed by atoms with E-state index in [2.05, 4.69) is 4.98 Å². The Labute approximate surface area is 102 Å². The summed E-state index contributed by atoms with van der Waals surface area (Å²) in [5.41, 5.74) is 0.269. The van der Waals surface area contributed by atoms with Crippen LogP contribution in [0.1, 0.15) is 22.5 Å². The zero-order chi connectivity index (χ0) is 13.8. The van der Waals surface area contributed by atoms with Gasteiger partial charge in [-0.1, -0.05) is 6.07 Å². The van der Waals surface area contributed by atoms with Crippen molar-refractivity contribution in [1.82, 2.24) is 9.88 Å². The molecule has 0 atom stereocenters. The van der Waals surface area contributed by atoms with Crippen molar-refractivity contribution in [3.05, 3.63) is 29.6 Å². The lowest BCUT2D eigenvalue weighted by Gasteiger charge is -2.18. The quantitative estimate of drug-likeness (QED) is 0.883. The Morgan fingerprint density at radius 3 is 2.72 bits per heavy atom. The van der Waals surface area contributed by atoms with Gasteiger partial charge in [-0.25, -0.2) is 9.78 Å². The highest BCUT2D eigenvalue weighted by molar-refractivity contribution is 5.86. The molecule has 0 unspecified atom stereocenters. The van der Waals surface area contributed by atoms with Crippen LogP contribution in [0.25, 0.3) is 0 Å². The minimum absolute atomic E-state index is 0.117. The molecule has 0 bridgehead atoms. The highest BCUT2D eigenvalue weighted by Crippen LogP contribution is 2.20. The van der Waals surface area contributed by atoms with E-state index in [1.165, 1.54) is 18.1 Å². The molecular formula is C11H13F3N2O2. The molecule has 18 heavy (non-hydrogen) atoms. The number of halogens is 3. The number of carboxylic acids is 1. The molecule has 1 N–H and O–H groups in total. The van der Waals surface area contributed by atoms with Gasteiger partial charge >= 0.3 is 12.1 Å². The van der Waals surface area contributed by atoms with Crippen LogP contribution in [0.15, 0.2) is 18.3 Å². The van der Waals surface area contributed by atoms with E-state index < -0.39 is 18.6 Å². The van der Waals surface area contributed by atoms with Crippen LogP contribution >= 0.6 is 0 Å². The standard InChI is InChI=1S/C11H13F3N2O2/c1-16(6-4-11(12,13)14)7-8-3-2-5-15-9(8)10(17)18/h2-3,5H,4,6-7H2,1H3,(H,17,18). The topological polar surface area (TPSA) is 53.4 Å². The summed E-state index contributed by atoms with van der Waals surface area (Å²) in [7, 11) is 1.50. The van der Waals surface area contributed by atoms with E-state index in [4.69, 9.17) is 5.11 Å². The van der Waals surface area contributed by atoms with Crippen LogP contribution in [0.3, 0.4) is 0 Å². The van der Waals surface area contributed by atoms with Crippen molar-refractivity contribution in [2.45, 2.75) is 19.1 Å². The van der Waals surface area contributed by atoms with Gasteiger partial charge in [-0.2, -0.15) is 13.2 Å². The second-order valence-electron chi connectivity index (χ2n) is 3.92. The first kappa shape index (κ1) is 14.4. The molecule has 0 aliphatic carbocycles. The first-order valence-electron chi connectivity index (χ1n) is 5.22. The summed E-state index contributed by atoms with van der Waals surface area (Å²) in [5.74, 6) is -1.19. The van der Waals surface area contributed by atoms with E-state index in [-0.39, 0.29) is 18.8 Å². The normalized spacial score (nSPS) is 11.8. The van der Waals surface area contributed by atoms with Gasteiger partial charge in [-0.3, -0.25) is 0 Å². The van der Waals surface area contributed by atoms with E-state index >= 15 is 0 Å². The van der Waals surface area contributed by atoms with Crippen LogP contribution in [-0.2, 0) is 6.54 Å². The van der Waals surface area contributed by atoms with Gasteiger partial charge in [-0.15, -0.1) is 0 Å². The number of carbonyl (C=O) groups is 1. The van der Waals surface area contributed by atoms with Gasteiger partial charge in [0.25, 0.3) is 0 Å². The number of carboxylic acid groups (broad SMARTS) is 1. The van der Waals surface area contributed by atoms with Crippen LogP contribution in [0.4, 0.5) is 13.2 Å². The zero-order valence-electron chi connectivity index (χ0n) is 9.74. The summed E-state index contributed by atoms with van der Waals surface area (Å²) in [6.07, 6.45) is -3.80. The molecule has 0 saturated heterocycles. The third kappa shape index (κ3) is 4.70. The van der Waals surface area contributed by atoms with Gasteiger partial charge in [0.2, 0.25) is 0 Å². The third-order valence-corrected chi connectivity index (χ3v) is 2.31. The smallest absolute Gasteiger partial charge is 0.390 e. The number of rotatable bonds is 5. The molecule has 1 aromatic rings. The Kier molecular flexibility index (Phi) is 4.66. The Bertz CT molecular complexity index is 421. The highest BCUT2D eigenvalue weighted by Gasteiger charge is 2.27. The van der Waals surface area contributed by atoms with Crippen molar-refractivity contribution in [3.63, 3.8) is 0 Å². The van der Waals surface area contributed by atoms with Crippen LogP contribution < -0.4 is 0 Å². The first-order valence-corrected chi connectivity index (χ1v) is 5.22. The van der Waals surface area contributed by atoms with Crippen molar-refractivity contribution < 1.29 is 23.1 Å². The lowest BCUT2D eigenvalue weighted by atomic mass is 10.2. The Morgan fingerprint density at radius 2 is 2.17 bits per heavy atom. The number of hydrogen-bond donors (Lipinski definition) is 1. The lowest BCUT2D eigenvalue weighted by Crippen LogP contribution is -2.25. The van der Waals surface area contributed by atoms with Crippen molar-refractivity contribution in [2.75, 3.05) is 13.6 Å². The molecule has 7 heteroatoms. The number of aromatic nitrogens is 1. The molecule has 0 aromatic carbocycles. The molecule has 1 aromatic heterocycles. The molecule has 1 rings (SSSR count). The van der Waals surface area contributed by atoms with Crippen LogP contribution in [-0.4, -0.2) is 40.7 Å². The van der Waals surface area contributed by atoms with E-state index in [0.29, 0.717) is 5.56 Å². The van der Waals surface area contributed by atoms with E-state index in [9.17, 15) is 18.0 Å². The fourth-order valence-corrected chi connectivity index (χ4v) is 1.45. The van der Waals surface area contributed by atoms with Gasteiger partial charge < -0.3 is 10.0 Å². The Balaban J connectivity index is 2.64. The molecule has 0 spiro atoms. The van der Waals surface area contributed by atoms with Crippen LogP contribution in [0, 0.1) is 0 Å². The van der Waals surface area contributed by atoms with Gasteiger partial charge in [0.15, 0.2) is 5.69 Å². The van der Waals surface area contributed by atoms with Crippen molar-refractivity contribution in [3.8, 4) is 0 Å². The SMILES string of the molecule is CN(CCC(F)(F)F)Cc1cccnc1C(=O)O. The number of hydrogen-bond acceptors (Lipinski definition) is 3. The molecule has 0 amide bonds. The average Bonchev–Trinajstić information content (AvgIpc) is 2.26. The maximum Gasteiger partial charge on any atom is 0.390 e. The van der Waals surface area contributed by atoms with Gasteiger partial charge in [-0.05, 0) is 18.7 Å². The zero-order valence-corrected chi connectivity index (χ0v) is 9.74. The summed E-state index contributed by atoms with van der Waals surface area (Å²) < 4.78 is 36.1. The summed E-state index contributed by atoms with van der Waals surface area (Å²) in [4.78, 5) is 16.0. The van der Waals surface area contributed by atoms with Gasteiger partial charge in [0, 0.05) is 19.3 Å². The molecule has 0 fully saturated rings.